The van der Waals surface area contributed by atoms with Gasteiger partial charge in [-0.2, -0.15) is 0 Å². The number of anilines is 2. The number of benzene rings is 1. The van der Waals surface area contributed by atoms with Crippen LogP contribution in [0.25, 0.3) is 0 Å². The van der Waals surface area contributed by atoms with Gasteiger partial charge in [-0.15, -0.1) is 0 Å². The Hall–Kier alpha value is -1.75. The van der Waals surface area contributed by atoms with Crippen molar-refractivity contribution in [1.29, 1.82) is 0 Å². The molecule has 1 unspecified atom stereocenters. The predicted molar refractivity (Wildman–Crippen MR) is 62.2 cm³/mol. The Morgan fingerprint density at radius 1 is 1.50 bits per heavy atom. The van der Waals surface area contributed by atoms with E-state index in [0.29, 0.717) is 23.9 Å². The number of nitrogens with one attached hydrogen (secondary N) is 1. The van der Waals surface area contributed by atoms with Crippen LogP contribution in [0.2, 0.25) is 0 Å². The average Bonchev–Trinajstić information content (AvgIpc) is 2.73. The molecule has 1 saturated heterocycles. The van der Waals surface area contributed by atoms with Crippen LogP contribution in [-0.2, 0) is 4.74 Å². The summed E-state index contributed by atoms with van der Waals surface area (Å²) in [7, 11) is 0. The quantitative estimate of drug-likeness (QED) is 0.651. The van der Waals surface area contributed by atoms with Crippen LogP contribution in [0, 0.1) is 0 Å². The lowest BCUT2D eigenvalue weighted by atomic mass is 10.1. The molecule has 0 bridgehead atoms. The van der Waals surface area contributed by atoms with Crippen LogP contribution >= 0.6 is 0 Å². The number of primary amides is 1. The van der Waals surface area contributed by atoms with Gasteiger partial charge in [0.05, 0.1) is 24.0 Å². The first kappa shape index (κ1) is 10.8. The van der Waals surface area contributed by atoms with Gasteiger partial charge in [-0.1, -0.05) is 0 Å². The van der Waals surface area contributed by atoms with Gasteiger partial charge in [0.25, 0.3) is 0 Å². The highest BCUT2D eigenvalue weighted by molar-refractivity contribution is 5.94. The van der Waals surface area contributed by atoms with Gasteiger partial charge >= 0.3 is 0 Å². The standard InChI is InChI=1S/C11H15N3O2/c12-9-5-7(11(13)15)1-2-10(9)14-8-3-4-16-6-8/h1-2,5,8,14H,3-4,6,12H2,(H2,13,15). The van der Waals surface area contributed by atoms with Crippen LogP contribution in [0.15, 0.2) is 18.2 Å². The summed E-state index contributed by atoms with van der Waals surface area (Å²) >= 11 is 0. The lowest BCUT2D eigenvalue weighted by Gasteiger charge is -2.14. The van der Waals surface area contributed by atoms with Crippen molar-refractivity contribution < 1.29 is 9.53 Å². The van der Waals surface area contributed by atoms with E-state index in [9.17, 15) is 4.79 Å². The predicted octanol–water partition coefficient (Wildman–Crippen LogP) is 0.568. The highest BCUT2D eigenvalue weighted by atomic mass is 16.5. The van der Waals surface area contributed by atoms with Crippen molar-refractivity contribution in [2.24, 2.45) is 5.73 Å². The third-order valence-corrected chi connectivity index (χ3v) is 2.63. The number of hydrogen-bond acceptors (Lipinski definition) is 4. The third kappa shape index (κ3) is 2.25. The van der Waals surface area contributed by atoms with E-state index in [1.165, 1.54) is 0 Å². The Bertz CT molecular complexity index is 400. The molecule has 0 saturated carbocycles. The topological polar surface area (TPSA) is 90.4 Å². The maximum atomic E-state index is 10.9. The molecule has 5 N–H and O–H groups in total. The number of hydrogen-bond donors (Lipinski definition) is 3. The summed E-state index contributed by atoms with van der Waals surface area (Å²) in [6.07, 6.45) is 0.969. The molecule has 5 nitrogen and oxygen atoms in total. The molecular weight excluding hydrogens is 206 g/mol. The third-order valence-electron chi connectivity index (χ3n) is 2.63. The SMILES string of the molecule is NC(=O)c1ccc(NC2CCOC2)c(N)c1. The van der Waals surface area contributed by atoms with Gasteiger partial charge in [-0.25, -0.2) is 0 Å². The van der Waals surface area contributed by atoms with Crippen LogP contribution < -0.4 is 16.8 Å². The fraction of sp³-hybridized carbons (Fsp3) is 0.364. The van der Waals surface area contributed by atoms with Gasteiger partial charge in [0, 0.05) is 12.2 Å². The summed E-state index contributed by atoms with van der Waals surface area (Å²) in [6, 6.07) is 5.31. The minimum Gasteiger partial charge on any atom is -0.397 e. The van der Waals surface area contributed by atoms with Crippen LogP contribution in [-0.4, -0.2) is 25.2 Å². The molecule has 86 valence electrons. The molecule has 0 radical (unpaired) electrons. The molecule has 0 spiro atoms. The first-order chi connectivity index (χ1) is 7.66. The summed E-state index contributed by atoms with van der Waals surface area (Å²) < 4.78 is 5.25. The molecule has 1 atom stereocenters. The maximum Gasteiger partial charge on any atom is 0.248 e. The Balaban J connectivity index is 2.12. The molecule has 16 heavy (non-hydrogen) atoms. The van der Waals surface area contributed by atoms with E-state index in [4.69, 9.17) is 16.2 Å². The van der Waals surface area contributed by atoms with Crippen molar-refractivity contribution >= 4 is 17.3 Å². The number of ether oxygens (including phenoxy) is 1. The minimum atomic E-state index is -0.470. The summed E-state index contributed by atoms with van der Waals surface area (Å²) in [6.45, 7) is 1.47. The van der Waals surface area contributed by atoms with Crippen molar-refractivity contribution in [1.82, 2.24) is 0 Å². The van der Waals surface area contributed by atoms with Crippen molar-refractivity contribution in [2.75, 3.05) is 24.3 Å². The Kier molecular flexibility index (Phi) is 2.96. The molecule has 1 fully saturated rings. The van der Waals surface area contributed by atoms with Crippen LogP contribution in [0.4, 0.5) is 11.4 Å². The second-order valence-corrected chi connectivity index (χ2v) is 3.87. The molecule has 1 amide bonds. The van der Waals surface area contributed by atoms with Gasteiger partial charge < -0.3 is 21.5 Å². The number of nitrogens with two attached hydrogens (primary N) is 2. The van der Waals surface area contributed by atoms with Gasteiger partial charge in [-0.3, -0.25) is 4.79 Å². The zero-order valence-electron chi connectivity index (χ0n) is 8.90. The molecule has 1 aliphatic heterocycles. The van der Waals surface area contributed by atoms with Crippen molar-refractivity contribution in [3.63, 3.8) is 0 Å². The van der Waals surface area contributed by atoms with Crippen LogP contribution in [0.3, 0.4) is 0 Å². The number of rotatable bonds is 3. The van der Waals surface area contributed by atoms with E-state index >= 15 is 0 Å². The first-order valence-corrected chi connectivity index (χ1v) is 5.20. The van der Waals surface area contributed by atoms with E-state index in [-0.39, 0.29) is 0 Å². The number of carbonyl (C=O) groups is 1. The molecule has 1 aromatic rings. The van der Waals surface area contributed by atoms with Crippen molar-refractivity contribution in [3.8, 4) is 0 Å². The van der Waals surface area contributed by atoms with Crippen molar-refractivity contribution in [3.05, 3.63) is 23.8 Å². The van der Waals surface area contributed by atoms with E-state index in [1.54, 1.807) is 18.2 Å². The molecule has 0 aliphatic carbocycles. The van der Waals surface area contributed by atoms with Crippen LogP contribution in [0.5, 0.6) is 0 Å². The zero-order chi connectivity index (χ0) is 11.5. The monoisotopic (exact) mass is 221 g/mol. The minimum absolute atomic E-state index is 0.293. The Morgan fingerprint density at radius 2 is 2.31 bits per heavy atom. The van der Waals surface area contributed by atoms with Gasteiger partial charge in [0.1, 0.15) is 0 Å². The average molecular weight is 221 g/mol. The highest BCUT2D eigenvalue weighted by Gasteiger charge is 2.16. The fourth-order valence-corrected chi connectivity index (χ4v) is 1.72. The number of nitrogen functional groups attached to an aromatic ring is 1. The number of amides is 1. The lowest BCUT2D eigenvalue weighted by molar-refractivity contribution is 0.100. The Morgan fingerprint density at radius 3 is 2.88 bits per heavy atom. The van der Waals surface area contributed by atoms with Gasteiger partial charge in [0.15, 0.2) is 0 Å². The normalized spacial score (nSPS) is 19.6. The van der Waals surface area contributed by atoms with E-state index in [1.807, 2.05) is 0 Å². The van der Waals surface area contributed by atoms with Crippen molar-refractivity contribution in [2.45, 2.75) is 12.5 Å². The maximum absolute atomic E-state index is 10.9. The highest BCUT2D eigenvalue weighted by Crippen LogP contribution is 2.22. The molecule has 1 aliphatic rings. The van der Waals surface area contributed by atoms with E-state index < -0.39 is 5.91 Å². The van der Waals surface area contributed by atoms with E-state index in [2.05, 4.69) is 5.32 Å². The molecule has 2 rings (SSSR count). The molecule has 5 heteroatoms. The molecule has 1 heterocycles. The zero-order valence-corrected chi connectivity index (χ0v) is 8.90. The second-order valence-electron chi connectivity index (χ2n) is 3.87. The summed E-state index contributed by atoms with van der Waals surface area (Å²) in [5.41, 5.74) is 12.8. The van der Waals surface area contributed by atoms with Crippen LogP contribution in [0.1, 0.15) is 16.8 Å². The molecular formula is C11H15N3O2. The Labute approximate surface area is 93.8 Å². The smallest absolute Gasteiger partial charge is 0.248 e. The number of carbonyl (C=O) groups excluding carboxylic acids is 1. The second kappa shape index (κ2) is 4.40. The largest absolute Gasteiger partial charge is 0.397 e. The fourth-order valence-electron chi connectivity index (χ4n) is 1.72. The first-order valence-electron chi connectivity index (χ1n) is 5.20. The van der Waals surface area contributed by atoms with E-state index in [0.717, 1.165) is 18.7 Å². The summed E-state index contributed by atoms with van der Waals surface area (Å²) in [5, 5.41) is 3.27. The summed E-state index contributed by atoms with van der Waals surface area (Å²) in [5.74, 6) is -0.470. The van der Waals surface area contributed by atoms with Gasteiger partial charge in [0.2, 0.25) is 5.91 Å². The summed E-state index contributed by atoms with van der Waals surface area (Å²) in [4.78, 5) is 10.9. The lowest BCUT2D eigenvalue weighted by Crippen LogP contribution is -2.20. The molecule has 1 aromatic carbocycles. The van der Waals surface area contributed by atoms with Gasteiger partial charge in [-0.05, 0) is 24.6 Å². The molecule has 0 aromatic heterocycles.